The molecule has 7 nitrogen and oxygen atoms in total. The first kappa shape index (κ1) is 22.4. The fourth-order valence-electron chi connectivity index (χ4n) is 3.47. The van der Waals surface area contributed by atoms with E-state index < -0.39 is 0 Å². The van der Waals surface area contributed by atoms with Gasteiger partial charge in [-0.15, -0.1) is 0 Å². The number of carbonyl (C=O) groups is 1. The summed E-state index contributed by atoms with van der Waals surface area (Å²) in [6.07, 6.45) is 4.27. The molecule has 31 heavy (non-hydrogen) atoms. The minimum atomic E-state index is -0.305. The molecule has 1 aromatic carbocycles. The molecular formula is C24H29N5O2. The van der Waals surface area contributed by atoms with E-state index in [0.29, 0.717) is 23.6 Å². The van der Waals surface area contributed by atoms with E-state index in [-0.39, 0.29) is 23.9 Å². The van der Waals surface area contributed by atoms with Crippen LogP contribution >= 0.6 is 0 Å². The minimum absolute atomic E-state index is 0.0175. The van der Waals surface area contributed by atoms with Gasteiger partial charge >= 0.3 is 0 Å². The lowest BCUT2D eigenvalue weighted by Gasteiger charge is -2.25. The van der Waals surface area contributed by atoms with Crippen molar-refractivity contribution >= 4 is 5.91 Å². The first-order chi connectivity index (χ1) is 14.9. The predicted molar refractivity (Wildman–Crippen MR) is 122 cm³/mol. The first-order valence-electron chi connectivity index (χ1n) is 10.4. The van der Waals surface area contributed by atoms with Crippen LogP contribution in [0.1, 0.15) is 35.3 Å². The summed E-state index contributed by atoms with van der Waals surface area (Å²) >= 11 is 0. The van der Waals surface area contributed by atoms with Crippen LogP contribution in [-0.4, -0.2) is 46.4 Å². The highest BCUT2D eigenvalue weighted by molar-refractivity contribution is 5.78. The lowest BCUT2D eigenvalue weighted by Crippen LogP contribution is -2.36. The van der Waals surface area contributed by atoms with Crippen molar-refractivity contribution in [3.05, 3.63) is 81.5 Å². The molecule has 7 heteroatoms. The Morgan fingerprint density at radius 1 is 1.19 bits per heavy atom. The Morgan fingerprint density at radius 3 is 2.52 bits per heavy atom. The van der Waals surface area contributed by atoms with Gasteiger partial charge in [0.15, 0.2) is 0 Å². The van der Waals surface area contributed by atoms with Crippen LogP contribution in [0.25, 0.3) is 11.4 Å². The van der Waals surface area contributed by atoms with E-state index in [0.717, 1.165) is 17.5 Å². The Bertz CT molecular complexity index is 1080. The SMILES string of the molecule is CCc1ccc(C(CNC(=O)Cc2c(C)nc(-c3cccnc3)[nH]c2=O)N(C)C)cc1. The van der Waals surface area contributed by atoms with Gasteiger partial charge in [-0.1, -0.05) is 31.2 Å². The van der Waals surface area contributed by atoms with E-state index in [9.17, 15) is 9.59 Å². The molecule has 3 aromatic rings. The fraction of sp³-hybridized carbons (Fsp3) is 0.333. The number of aromatic nitrogens is 3. The molecular weight excluding hydrogens is 390 g/mol. The van der Waals surface area contributed by atoms with Gasteiger partial charge in [0, 0.05) is 35.8 Å². The second-order valence-electron chi connectivity index (χ2n) is 7.78. The number of benzene rings is 1. The van der Waals surface area contributed by atoms with Gasteiger partial charge in [0.05, 0.1) is 12.5 Å². The quantitative estimate of drug-likeness (QED) is 0.586. The third kappa shape index (κ3) is 5.64. The minimum Gasteiger partial charge on any atom is -0.354 e. The Morgan fingerprint density at radius 2 is 1.94 bits per heavy atom. The van der Waals surface area contributed by atoms with Crippen LogP contribution in [0.3, 0.4) is 0 Å². The van der Waals surface area contributed by atoms with E-state index >= 15 is 0 Å². The predicted octanol–water partition coefficient (Wildman–Crippen LogP) is 2.66. The maximum absolute atomic E-state index is 12.6. The summed E-state index contributed by atoms with van der Waals surface area (Å²) in [5, 5.41) is 2.97. The molecule has 2 heterocycles. The van der Waals surface area contributed by atoms with Crippen molar-refractivity contribution in [2.75, 3.05) is 20.6 Å². The number of nitrogens with zero attached hydrogens (tertiary/aromatic N) is 3. The van der Waals surface area contributed by atoms with Gasteiger partial charge in [-0.05, 0) is 50.7 Å². The summed E-state index contributed by atoms with van der Waals surface area (Å²) < 4.78 is 0. The molecule has 0 saturated carbocycles. The van der Waals surface area contributed by atoms with Crippen molar-refractivity contribution in [2.45, 2.75) is 32.7 Å². The molecule has 0 radical (unpaired) electrons. The zero-order valence-electron chi connectivity index (χ0n) is 18.5. The summed E-state index contributed by atoms with van der Waals surface area (Å²) in [6, 6.07) is 12.1. The third-order valence-electron chi connectivity index (χ3n) is 5.38. The van der Waals surface area contributed by atoms with Crippen LogP contribution in [0.4, 0.5) is 0 Å². The number of rotatable bonds is 8. The number of nitrogens with one attached hydrogen (secondary N) is 2. The zero-order chi connectivity index (χ0) is 22.4. The normalized spacial score (nSPS) is 12.0. The van der Waals surface area contributed by atoms with Gasteiger partial charge in [-0.3, -0.25) is 14.6 Å². The molecule has 2 N–H and O–H groups in total. The molecule has 0 aliphatic heterocycles. The number of pyridine rings is 1. The summed E-state index contributed by atoms with van der Waals surface area (Å²) in [5.74, 6) is 0.240. The van der Waals surface area contributed by atoms with E-state index in [1.165, 1.54) is 5.56 Å². The molecule has 0 aliphatic rings. The van der Waals surface area contributed by atoms with Crippen molar-refractivity contribution < 1.29 is 4.79 Å². The van der Waals surface area contributed by atoms with Crippen molar-refractivity contribution in [1.29, 1.82) is 0 Å². The number of hydrogen-bond acceptors (Lipinski definition) is 5. The fourth-order valence-corrected chi connectivity index (χ4v) is 3.47. The molecule has 1 atom stereocenters. The molecule has 0 saturated heterocycles. The monoisotopic (exact) mass is 419 g/mol. The second-order valence-corrected chi connectivity index (χ2v) is 7.78. The van der Waals surface area contributed by atoms with Crippen LogP contribution < -0.4 is 10.9 Å². The maximum atomic E-state index is 12.6. The number of carbonyl (C=O) groups excluding carboxylic acids is 1. The average Bonchev–Trinajstić information content (AvgIpc) is 2.77. The maximum Gasteiger partial charge on any atom is 0.255 e. The smallest absolute Gasteiger partial charge is 0.255 e. The van der Waals surface area contributed by atoms with E-state index in [1.807, 2.05) is 20.2 Å². The van der Waals surface area contributed by atoms with Crippen molar-refractivity contribution in [3.8, 4) is 11.4 Å². The second kappa shape index (κ2) is 10.1. The standard InChI is InChI=1S/C24H29N5O2/c1-5-17-8-10-18(11-9-17)21(29(3)4)15-26-22(30)13-20-16(2)27-23(28-24(20)31)19-7-6-12-25-14-19/h6-12,14,21H,5,13,15H2,1-4H3,(H,26,30)(H,27,28,31). The molecule has 162 valence electrons. The highest BCUT2D eigenvalue weighted by Gasteiger charge is 2.17. The molecule has 0 fully saturated rings. The summed E-state index contributed by atoms with van der Waals surface area (Å²) in [4.78, 5) is 38.6. The van der Waals surface area contributed by atoms with Crippen LogP contribution in [0.5, 0.6) is 0 Å². The number of hydrogen-bond donors (Lipinski definition) is 2. The van der Waals surface area contributed by atoms with Gasteiger partial charge in [-0.25, -0.2) is 4.98 Å². The summed E-state index contributed by atoms with van der Waals surface area (Å²) in [5.41, 5.74) is 3.75. The number of H-pyrrole nitrogens is 1. The topological polar surface area (TPSA) is 91.0 Å². The molecule has 0 aliphatic carbocycles. The Hall–Kier alpha value is -3.32. The number of amides is 1. The number of aryl methyl sites for hydroxylation is 2. The summed E-state index contributed by atoms with van der Waals surface area (Å²) in [7, 11) is 3.97. The van der Waals surface area contributed by atoms with Gasteiger partial charge < -0.3 is 15.2 Å². The van der Waals surface area contributed by atoms with Crippen LogP contribution in [0.15, 0.2) is 53.6 Å². The van der Waals surface area contributed by atoms with Crippen molar-refractivity contribution in [2.24, 2.45) is 0 Å². The van der Waals surface area contributed by atoms with E-state index in [2.05, 4.69) is 56.4 Å². The van der Waals surface area contributed by atoms with Gasteiger partial charge in [0.25, 0.3) is 5.56 Å². The average molecular weight is 420 g/mol. The molecule has 0 spiro atoms. The highest BCUT2D eigenvalue weighted by Crippen LogP contribution is 2.18. The highest BCUT2D eigenvalue weighted by atomic mass is 16.2. The molecule has 3 rings (SSSR count). The van der Waals surface area contributed by atoms with Gasteiger partial charge in [0.2, 0.25) is 5.91 Å². The lowest BCUT2D eigenvalue weighted by atomic mass is 10.0. The van der Waals surface area contributed by atoms with Crippen molar-refractivity contribution in [3.63, 3.8) is 0 Å². The largest absolute Gasteiger partial charge is 0.354 e. The summed E-state index contributed by atoms with van der Waals surface area (Å²) in [6.45, 7) is 4.32. The molecule has 0 bridgehead atoms. The van der Waals surface area contributed by atoms with Gasteiger partial charge in [0.1, 0.15) is 5.82 Å². The van der Waals surface area contributed by atoms with Crippen LogP contribution in [0, 0.1) is 6.92 Å². The van der Waals surface area contributed by atoms with E-state index in [1.54, 1.807) is 25.4 Å². The van der Waals surface area contributed by atoms with Crippen molar-refractivity contribution in [1.82, 2.24) is 25.2 Å². The number of aromatic amines is 1. The van der Waals surface area contributed by atoms with Crippen LogP contribution in [0.2, 0.25) is 0 Å². The lowest BCUT2D eigenvalue weighted by molar-refractivity contribution is -0.120. The Balaban J connectivity index is 1.69. The number of likely N-dealkylation sites (N-methyl/N-ethyl adjacent to an activating group) is 1. The first-order valence-corrected chi connectivity index (χ1v) is 10.4. The molecule has 1 amide bonds. The Kier molecular flexibility index (Phi) is 7.31. The molecule has 1 unspecified atom stereocenters. The molecule has 2 aromatic heterocycles. The van der Waals surface area contributed by atoms with Crippen LogP contribution in [-0.2, 0) is 17.6 Å². The van der Waals surface area contributed by atoms with Gasteiger partial charge in [-0.2, -0.15) is 0 Å². The third-order valence-corrected chi connectivity index (χ3v) is 5.38. The van der Waals surface area contributed by atoms with E-state index in [4.69, 9.17) is 0 Å². The Labute approximate surface area is 182 Å². The zero-order valence-corrected chi connectivity index (χ0v) is 18.5.